The molecule has 0 heterocycles. The van der Waals surface area contributed by atoms with Crippen molar-refractivity contribution in [3.63, 3.8) is 0 Å². The van der Waals surface area contributed by atoms with Crippen LogP contribution in [0.4, 0.5) is 4.79 Å². The van der Waals surface area contributed by atoms with Gasteiger partial charge in [0.25, 0.3) is 0 Å². The molecule has 6 heteroatoms. The molecular weight excluding hydrogens is 322 g/mol. The van der Waals surface area contributed by atoms with E-state index in [0.29, 0.717) is 0 Å². The fourth-order valence-corrected chi connectivity index (χ4v) is 2.71. The molecule has 0 spiro atoms. The van der Waals surface area contributed by atoms with Crippen molar-refractivity contribution >= 4 is 12.1 Å². The Morgan fingerprint density at radius 3 is 2.36 bits per heavy atom. The van der Waals surface area contributed by atoms with E-state index in [0.717, 1.165) is 12.0 Å². The lowest BCUT2D eigenvalue weighted by molar-refractivity contribution is -0.146. The molecule has 1 unspecified atom stereocenters. The second-order valence-corrected chi connectivity index (χ2v) is 6.10. The summed E-state index contributed by atoms with van der Waals surface area (Å²) >= 11 is 0. The average molecular weight is 351 g/mol. The fraction of sp³-hybridized carbons (Fsp3) is 0.579. The molecule has 1 N–H and O–H groups in total. The van der Waals surface area contributed by atoms with Crippen LogP contribution in [0.25, 0.3) is 0 Å². The summed E-state index contributed by atoms with van der Waals surface area (Å²) in [6, 6.07) is 8.85. The fourth-order valence-electron chi connectivity index (χ4n) is 2.71. The number of aliphatic hydroxyl groups is 1. The van der Waals surface area contributed by atoms with Gasteiger partial charge in [-0.3, -0.25) is 4.79 Å². The standard InChI is InChI=1S/C19H29NO5/c1-5-14(3)18(16(21)12-17(22)24-6-2)20(4)19(23)25-13-15-10-8-7-9-11-15/h7-11,14,16,18,21H,5-6,12-13H2,1-4H3/t14?,16-,18+/m1/s1. The maximum absolute atomic E-state index is 12.4. The molecule has 0 aliphatic carbocycles. The Balaban J connectivity index is 2.72. The quantitative estimate of drug-likeness (QED) is 0.692. The number of aliphatic hydroxyl groups excluding tert-OH is 1. The number of esters is 1. The summed E-state index contributed by atoms with van der Waals surface area (Å²) in [6.07, 6.45) is -0.944. The van der Waals surface area contributed by atoms with Crippen LogP contribution >= 0.6 is 0 Å². The van der Waals surface area contributed by atoms with Gasteiger partial charge < -0.3 is 19.5 Å². The summed E-state index contributed by atoms with van der Waals surface area (Å²) in [7, 11) is 1.58. The van der Waals surface area contributed by atoms with E-state index < -0.39 is 24.2 Å². The molecule has 0 aromatic heterocycles. The van der Waals surface area contributed by atoms with Crippen LogP contribution < -0.4 is 0 Å². The Bertz CT molecular complexity index is 534. The molecule has 0 saturated heterocycles. The van der Waals surface area contributed by atoms with Gasteiger partial charge in [-0.05, 0) is 18.4 Å². The molecule has 1 rings (SSSR count). The number of benzene rings is 1. The molecule has 0 radical (unpaired) electrons. The minimum atomic E-state index is -1.01. The number of amides is 1. The highest BCUT2D eigenvalue weighted by Gasteiger charge is 2.33. The largest absolute Gasteiger partial charge is 0.466 e. The third-order valence-corrected chi connectivity index (χ3v) is 4.24. The summed E-state index contributed by atoms with van der Waals surface area (Å²) in [6.45, 7) is 6.03. The normalized spacial score (nSPS) is 14.3. The van der Waals surface area contributed by atoms with E-state index >= 15 is 0 Å². The monoisotopic (exact) mass is 351 g/mol. The van der Waals surface area contributed by atoms with Crippen LogP contribution in [0, 0.1) is 5.92 Å². The number of hydrogen-bond donors (Lipinski definition) is 1. The first-order valence-electron chi connectivity index (χ1n) is 8.67. The van der Waals surface area contributed by atoms with Gasteiger partial charge in [-0.15, -0.1) is 0 Å². The maximum Gasteiger partial charge on any atom is 0.410 e. The number of ether oxygens (including phenoxy) is 2. The summed E-state index contributed by atoms with van der Waals surface area (Å²) in [5.41, 5.74) is 0.886. The zero-order valence-corrected chi connectivity index (χ0v) is 15.5. The number of nitrogens with zero attached hydrogens (tertiary/aromatic N) is 1. The molecule has 1 amide bonds. The summed E-state index contributed by atoms with van der Waals surface area (Å²) < 4.78 is 10.2. The third kappa shape index (κ3) is 6.74. The molecule has 1 aromatic carbocycles. The van der Waals surface area contributed by atoms with Crippen molar-refractivity contribution in [3.05, 3.63) is 35.9 Å². The predicted octanol–water partition coefficient (Wildman–Crippen LogP) is 2.98. The van der Waals surface area contributed by atoms with Crippen LogP contribution in [-0.4, -0.2) is 47.9 Å². The Labute approximate surface area is 149 Å². The lowest BCUT2D eigenvalue weighted by atomic mass is 9.91. The van der Waals surface area contributed by atoms with Gasteiger partial charge in [-0.2, -0.15) is 0 Å². The van der Waals surface area contributed by atoms with Crippen LogP contribution in [-0.2, 0) is 20.9 Å². The highest BCUT2D eigenvalue weighted by molar-refractivity contribution is 5.71. The van der Waals surface area contributed by atoms with Gasteiger partial charge in [0.1, 0.15) is 6.61 Å². The smallest absolute Gasteiger partial charge is 0.410 e. The van der Waals surface area contributed by atoms with E-state index in [1.807, 2.05) is 44.2 Å². The minimum absolute atomic E-state index is 0.00120. The first-order valence-corrected chi connectivity index (χ1v) is 8.67. The van der Waals surface area contributed by atoms with Gasteiger partial charge in [0.15, 0.2) is 0 Å². The van der Waals surface area contributed by atoms with E-state index in [1.54, 1.807) is 14.0 Å². The van der Waals surface area contributed by atoms with Gasteiger partial charge in [-0.1, -0.05) is 50.6 Å². The van der Waals surface area contributed by atoms with E-state index in [2.05, 4.69) is 0 Å². The number of rotatable bonds is 9. The van der Waals surface area contributed by atoms with Crippen molar-refractivity contribution in [1.29, 1.82) is 0 Å². The Morgan fingerprint density at radius 2 is 1.80 bits per heavy atom. The highest BCUT2D eigenvalue weighted by atomic mass is 16.6. The van der Waals surface area contributed by atoms with Crippen molar-refractivity contribution in [3.8, 4) is 0 Å². The topological polar surface area (TPSA) is 76.1 Å². The Kier molecular flexibility index (Phi) is 8.99. The third-order valence-electron chi connectivity index (χ3n) is 4.24. The van der Waals surface area contributed by atoms with Crippen molar-refractivity contribution in [2.24, 2.45) is 5.92 Å². The molecule has 6 nitrogen and oxygen atoms in total. The number of likely N-dealkylation sites (N-methyl/N-ethyl adjacent to an activating group) is 1. The number of hydrogen-bond acceptors (Lipinski definition) is 5. The van der Waals surface area contributed by atoms with E-state index in [4.69, 9.17) is 9.47 Å². The minimum Gasteiger partial charge on any atom is -0.466 e. The second kappa shape index (κ2) is 10.7. The molecule has 0 aliphatic rings. The van der Waals surface area contributed by atoms with Crippen LogP contribution in [0.1, 0.15) is 39.2 Å². The summed E-state index contributed by atoms with van der Waals surface area (Å²) in [5, 5.41) is 10.5. The number of carbonyl (C=O) groups is 2. The first-order chi connectivity index (χ1) is 11.9. The molecule has 0 bridgehead atoms. The van der Waals surface area contributed by atoms with Gasteiger partial charge in [-0.25, -0.2) is 4.79 Å². The van der Waals surface area contributed by atoms with E-state index in [1.165, 1.54) is 4.90 Å². The molecule has 0 saturated carbocycles. The Hall–Kier alpha value is -2.08. The van der Waals surface area contributed by atoms with Gasteiger partial charge >= 0.3 is 12.1 Å². The zero-order valence-electron chi connectivity index (χ0n) is 15.5. The number of carbonyl (C=O) groups excluding carboxylic acids is 2. The summed E-state index contributed by atoms with van der Waals surface area (Å²) in [4.78, 5) is 25.4. The molecule has 1 aromatic rings. The lowest BCUT2D eigenvalue weighted by Gasteiger charge is -2.35. The molecular formula is C19H29NO5. The summed E-state index contributed by atoms with van der Waals surface area (Å²) in [5.74, 6) is -0.479. The van der Waals surface area contributed by atoms with Crippen molar-refractivity contribution < 1.29 is 24.2 Å². The van der Waals surface area contributed by atoms with E-state index in [-0.39, 0.29) is 25.6 Å². The van der Waals surface area contributed by atoms with Crippen LogP contribution in [0.2, 0.25) is 0 Å². The Morgan fingerprint density at radius 1 is 1.16 bits per heavy atom. The second-order valence-electron chi connectivity index (χ2n) is 6.10. The molecule has 140 valence electrons. The molecule has 3 atom stereocenters. The molecule has 0 aliphatic heterocycles. The van der Waals surface area contributed by atoms with Gasteiger partial charge in [0, 0.05) is 7.05 Å². The van der Waals surface area contributed by atoms with Crippen molar-refractivity contribution in [1.82, 2.24) is 4.90 Å². The zero-order chi connectivity index (χ0) is 18.8. The highest BCUT2D eigenvalue weighted by Crippen LogP contribution is 2.20. The van der Waals surface area contributed by atoms with E-state index in [9.17, 15) is 14.7 Å². The maximum atomic E-state index is 12.4. The first kappa shape index (κ1) is 21.0. The van der Waals surface area contributed by atoms with Gasteiger partial charge in [0.05, 0.1) is 25.2 Å². The van der Waals surface area contributed by atoms with Gasteiger partial charge in [0.2, 0.25) is 0 Å². The SMILES string of the molecule is CCOC(=O)C[C@@H](O)[C@H](C(C)CC)N(C)C(=O)OCc1ccccc1. The predicted molar refractivity (Wildman–Crippen MR) is 94.9 cm³/mol. The van der Waals surface area contributed by atoms with Crippen LogP contribution in [0.3, 0.4) is 0 Å². The van der Waals surface area contributed by atoms with Crippen LogP contribution in [0.15, 0.2) is 30.3 Å². The molecule has 25 heavy (non-hydrogen) atoms. The van der Waals surface area contributed by atoms with Crippen molar-refractivity contribution in [2.45, 2.75) is 52.4 Å². The van der Waals surface area contributed by atoms with Crippen molar-refractivity contribution in [2.75, 3.05) is 13.7 Å². The lowest BCUT2D eigenvalue weighted by Crippen LogP contribution is -2.49. The van der Waals surface area contributed by atoms with Crippen LogP contribution in [0.5, 0.6) is 0 Å². The molecule has 0 fully saturated rings. The average Bonchev–Trinajstić information content (AvgIpc) is 2.60.